The van der Waals surface area contributed by atoms with E-state index in [2.05, 4.69) is 34.9 Å². The first-order valence-corrected chi connectivity index (χ1v) is 8.36. The van der Waals surface area contributed by atoms with Crippen LogP contribution in [-0.2, 0) is 4.79 Å². The fourth-order valence-electron chi connectivity index (χ4n) is 2.62. The second kappa shape index (κ2) is 8.87. The minimum absolute atomic E-state index is 0.150. The summed E-state index contributed by atoms with van der Waals surface area (Å²) in [6.45, 7) is 8.86. The van der Waals surface area contributed by atoms with Crippen molar-refractivity contribution >= 4 is 17.8 Å². The van der Waals surface area contributed by atoms with Crippen molar-refractivity contribution in [3.05, 3.63) is 58.7 Å². The lowest BCUT2D eigenvalue weighted by Crippen LogP contribution is -2.25. The number of hydrogen-bond donors (Lipinski definition) is 2. The van der Waals surface area contributed by atoms with Gasteiger partial charge in [0, 0.05) is 11.3 Å². The molecule has 5 heteroatoms. The summed E-state index contributed by atoms with van der Waals surface area (Å²) in [7, 11) is 0. The number of nitrogens with one attached hydrogen (secondary N) is 2. The van der Waals surface area contributed by atoms with Gasteiger partial charge < -0.3 is 10.1 Å². The summed E-state index contributed by atoms with van der Waals surface area (Å²) in [6.07, 6.45) is 1.69. The second-order valence-electron chi connectivity index (χ2n) is 5.92. The quantitative estimate of drug-likeness (QED) is 0.599. The number of hydrogen-bond acceptors (Lipinski definition) is 4. The van der Waals surface area contributed by atoms with E-state index in [0.717, 1.165) is 28.1 Å². The number of carbonyl (C=O) groups excluding carboxylic acids is 1. The molecule has 0 aliphatic rings. The Bertz CT molecular complexity index is 729. The third-order valence-electron chi connectivity index (χ3n) is 3.74. The van der Waals surface area contributed by atoms with Gasteiger partial charge in [0.05, 0.1) is 19.4 Å². The molecule has 0 aliphatic heterocycles. The van der Waals surface area contributed by atoms with Crippen LogP contribution in [0.2, 0.25) is 0 Å². The van der Waals surface area contributed by atoms with Crippen molar-refractivity contribution in [3.8, 4) is 5.75 Å². The number of hydrazone groups is 1. The lowest BCUT2D eigenvalue weighted by atomic mass is 10.0. The zero-order valence-electron chi connectivity index (χ0n) is 15.2. The van der Waals surface area contributed by atoms with Crippen LogP contribution in [0.15, 0.2) is 41.5 Å². The lowest BCUT2D eigenvalue weighted by molar-refractivity contribution is -0.119. The molecule has 0 aromatic heterocycles. The Morgan fingerprint density at radius 1 is 1.12 bits per heavy atom. The van der Waals surface area contributed by atoms with Crippen LogP contribution >= 0.6 is 0 Å². The van der Waals surface area contributed by atoms with Gasteiger partial charge in [0.1, 0.15) is 5.75 Å². The van der Waals surface area contributed by atoms with Crippen LogP contribution in [0.25, 0.3) is 0 Å². The summed E-state index contributed by atoms with van der Waals surface area (Å²) < 4.78 is 5.38. The Kier molecular flexibility index (Phi) is 6.57. The van der Waals surface area contributed by atoms with Crippen molar-refractivity contribution in [3.63, 3.8) is 0 Å². The van der Waals surface area contributed by atoms with Gasteiger partial charge >= 0.3 is 0 Å². The van der Waals surface area contributed by atoms with Crippen molar-refractivity contribution in [2.24, 2.45) is 5.10 Å². The number of aryl methyl sites for hydroxylation is 3. The number of amides is 1. The van der Waals surface area contributed by atoms with Gasteiger partial charge in [0.15, 0.2) is 0 Å². The van der Waals surface area contributed by atoms with Crippen LogP contribution in [0.4, 0.5) is 5.69 Å². The molecule has 0 radical (unpaired) electrons. The predicted octanol–water partition coefficient (Wildman–Crippen LogP) is 3.57. The topological polar surface area (TPSA) is 62.7 Å². The van der Waals surface area contributed by atoms with E-state index in [-0.39, 0.29) is 12.5 Å². The maximum absolute atomic E-state index is 11.9. The van der Waals surface area contributed by atoms with Gasteiger partial charge in [0.25, 0.3) is 5.91 Å². The smallest absolute Gasteiger partial charge is 0.259 e. The number of nitrogens with zero attached hydrogens (tertiary/aromatic N) is 1. The minimum Gasteiger partial charge on any atom is -0.494 e. The molecule has 5 nitrogen and oxygen atoms in total. The van der Waals surface area contributed by atoms with Crippen molar-refractivity contribution < 1.29 is 9.53 Å². The highest BCUT2D eigenvalue weighted by Crippen LogP contribution is 2.15. The Hall–Kier alpha value is -2.82. The third-order valence-corrected chi connectivity index (χ3v) is 3.74. The standard InChI is InChI=1S/C20H25N3O2/c1-5-25-18-8-6-17(7-9-18)21-13-20(24)23-22-12-19-15(3)10-14(2)11-16(19)4/h6-12,21H,5,13H2,1-4H3,(H,23,24)/b22-12+. The van der Waals surface area contributed by atoms with Crippen LogP contribution < -0.4 is 15.5 Å². The molecule has 2 N–H and O–H groups in total. The molecule has 0 saturated heterocycles. The Labute approximate surface area is 149 Å². The molecule has 0 heterocycles. The first-order valence-electron chi connectivity index (χ1n) is 8.36. The number of anilines is 1. The summed E-state index contributed by atoms with van der Waals surface area (Å²) in [5.74, 6) is 0.610. The van der Waals surface area contributed by atoms with Gasteiger partial charge in [-0.05, 0) is 63.1 Å². The highest BCUT2D eigenvalue weighted by molar-refractivity contribution is 5.86. The average Bonchev–Trinajstić information content (AvgIpc) is 2.57. The van der Waals surface area contributed by atoms with Crippen LogP contribution in [0.3, 0.4) is 0 Å². The van der Waals surface area contributed by atoms with Crippen LogP contribution in [0.5, 0.6) is 5.75 Å². The fourth-order valence-corrected chi connectivity index (χ4v) is 2.62. The van der Waals surface area contributed by atoms with Gasteiger partial charge in [-0.2, -0.15) is 5.10 Å². The van der Waals surface area contributed by atoms with Gasteiger partial charge in [-0.1, -0.05) is 17.7 Å². The van der Waals surface area contributed by atoms with Crippen LogP contribution in [0, 0.1) is 20.8 Å². The number of carbonyl (C=O) groups is 1. The highest BCUT2D eigenvalue weighted by atomic mass is 16.5. The van der Waals surface area contributed by atoms with E-state index in [4.69, 9.17) is 4.74 Å². The summed E-state index contributed by atoms with van der Waals surface area (Å²) in [4.78, 5) is 11.9. The first-order chi connectivity index (χ1) is 12.0. The van der Waals surface area contributed by atoms with E-state index in [1.165, 1.54) is 5.56 Å². The Balaban J connectivity index is 1.84. The second-order valence-corrected chi connectivity index (χ2v) is 5.92. The summed E-state index contributed by atoms with van der Waals surface area (Å²) in [5, 5.41) is 7.11. The average molecular weight is 339 g/mol. The predicted molar refractivity (Wildman–Crippen MR) is 102 cm³/mol. The number of rotatable bonds is 7. The molecule has 2 aromatic carbocycles. The van der Waals surface area contributed by atoms with E-state index in [1.54, 1.807) is 6.21 Å². The molecule has 1 amide bonds. The zero-order valence-corrected chi connectivity index (χ0v) is 15.2. The van der Waals surface area contributed by atoms with Gasteiger partial charge in [-0.3, -0.25) is 4.79 Å². The third kappa shape index (κ3) is 5.64. The fraction of sp³-hybridized carbons (Fsp3) is 0.300. The van der Waals surface area contributed by atoms with Crippen molar-refractivity contribution in [1.82, 2.24) is 5.43 Å². The molecule has 0 atom stereocenters. The number of ether oxygens (including phenoxy) is 1. The first kappa shape index (κ1) is 18.5. The molecule has 25 heavy (non-hydrogen) atoms. The molecular weight excluding hydrogens is 314 g/mol. The molecule has 0 fully saturated rings. The van der Waals surface area contributed by atoms with Gasteiger partial charge in [-0.25, -0.2) is 5.43 Å². The van der Waals surface area contributed by atoms with Crippen molar-refractivity contribution in [2.75, 3.05) is 18.5 Å². The molecule has 2 aromatic rings. The van der Waals surface area contributed by atoms with E-state index < -0.39 is 0 Å². The largest absolute Gasteiger partial charge is 0.494 e. The molecule has 0 bridgehead atoms. The molecule has 0 unspecified atom stereocenters. The van der Waals surface area contributed by atoms with Gasteiger partial charge in [0.2, 0.25) is 0 Å². The monoisotopic (exact) mass is 339 g/mol. The van der Waals surface area contributed by atoms with E-state index in [1.807, 2.05) is 45.0 Å². The van der Waals surface area contributed by atoms with Crippen molar-refractivity contribution in [2.45, 2.75) is 27.7 Å². The molecule has 0 spiro atoms. The van der Waals surface area contributed by atoms with Gasteiger partial charge in [-0.15, -0.1) is 0 Å². The SMILES string of the molecule is CCOc1ccc(NCC(=O)N/N=C/c2c(C)cc(C)cc2C)cc1. The molecular formula is C20H25N3O2. The number of benzene rings is 2. The summed E-state index contributed by atoms with van der Waals surface area (Å²) in [6, 6.07) is 11.7. The normalized spacial score (nSPS) is 10.7. The lowest BCUT2D eigenvalue weighted by Gasteiger charge is -2.08. The van der Waals surface area contributed by atoms with E-state index in [0.29, 0.717) is 6.61 Å². The molecule has 0 aliphatic carbocycles. The maximum Gasteiger partial charge on any atom is 0.259 e. The van der Waals surface area contributed by atoms with E-state index >= 15 is 0 Å². The van der Waals surface area contributed by atoms with E-state index in [9.17, 15) is 4.79 Å². The maximum atomic E-state index is 11.9. The van der Waals surface area contributed by atoms with Crippen molar-refractivity contribution in [1.29, 1.82) is 0 Å². The minimum atomic E-state index is -0.201. The molecule has 2 rings (SSSR count). The Morgan fingerprint density at radius 3 is 2.36 bits per heavy atom. The highest BCUT2D eigenvalue weighted by Gasteiger charge is 2.03. The summed E-state index contributed by atoms with van der Waals surface area (Å²) in [5.41, 5.74) is 7.93. The van der Waals surface area contributed by atoms with Crippen LogP contribution in [-0.4, -0.2) is 25.3 Å². The summed E-state index contributed by atoms with van der Waals surface area (Å²) >= 11 is 0. The molecule has 132 valence electrons. The zero-order chi connectivity index (χ0) is 18.2. The molecule has 0 saturated carbocycles. The van der Waals surface area contributed by atoms with Crippen LogP contribution in [0.1, 0.15) is 29.2 Å². The Morgan fingerprint density at radius 2 is 1.76 bits per heavy atom.